The molecule has 15 heavy (non-hydrogen) atoms. The fourth-order valence-corrected chi connectivity index (χ4v) is 2.21. The number of hydrogen-bond acceptors (Lipinski definition) is 1. The lowest BCUT2D eigenvalue weighted by molar-refractivity contribution is 0.219. The van der Waals surface area contributed by atoms with Gasteiger partial charge in [0.1, 0.15) is 0 Å². The van der Waals surface area contributed by atoms with E-state index in [1.165, 1.54) is 37.9 Å². The molecule has 0 aromatic heterocycles. The van der Waals surface area contributed by atoms with Crippen molar-refractivity contribution in [3.05, 3.63) is 35.9 Å². The number of likely N-dealkylation sites (tertiary alicyclic amines) is 1. The van der Waals surface area contributed by atoms with Crippen molar-refractivity contribution in [2.75, 3.05) is 20.1 Å². The first-order chi connectivity index (χ1) is 6.84. The van der Waals surface area contributed by atoms with Crippen molar-refractivity contribution in [2.24, 2.45) is 5.92 Å². The van der Waals surface area contributed by atoms with Crippen molar-refractivity contribution in [1.82, 2.24) is 4.90 Å². The summed E-state index contributed by atoms with van der Waals surface area (Å²) in [6, 6.07) is 10.9. The highest BCUT2D eigenvalue weighted by molar-refractivity contribution is 5.85. The van der Waals surface area contributed by atoms with Crippen LogP contribution in [-0.4, -0.2) is 25.0 Å². The van der Waals surface area contributed by atoms with Crippen LogP contribution in [0.4, 0.5) is 0 Å². The van der Waals surface area contributed by atoms with Gasteiger partial charge in [-0.3, -0.25) is 0 Å². The fourth-order valence-electron chi connectivity index (χ4n) is 2.21. The standard InChI is InChI=1S/C13H19N.ClH/c1-14-9-7-13(8-10-14)11-12-5-3-2-4-6-12;/h2-6,13H,7-11H2,1H3;1H. The highest BCUT2D eigenvalue weighted by atomic mass is 35.5. The van der Waals surface area contributed by atoms with Gasteiger partial charge in [-0.15, -0.1) is 12.4 Å². The van der Waals surface area contributed by atoms with Crippen LogP contribution in [0.3, 0.4) is 0 Å². The Bertz CT molecular complexity index is 265. The van der Waals surface area contributed by atoms with Gasteiger partial charge >= 0.3 is 0 Å². The first kappa shape index (κ1) is 12.5. The van der Waals surface area contributed by atoms with Gasteiger partial charge in [0.15, 0.2) is 0 Å². The lowest BCUT2D eigenvalue weighted by Gasteiger charge is -2.28. The summed E-state index contributed by atoms with van der Waals surface area (Å²) in [7, 11) is 2.22. The second-order valence-electron chi connectivity index (χ2n) is 4.44. The molecule has 0 spiro atoms. The van der Waals surface area contributed by atoms with Gasteiger partial charge in [0.25, 0.3) is 0 Å². The van der Waals surface area contributed by atoms with Crippen molar-refractivity contribution in [1.29, 1.82) is 0 Å². The van der Waals surface area contributed by atoms with Gasteiger partial charge in [0.05, 0.1) is 0 Å². The monoisotopic (exact) mass is 225 g/mol. The summed E-state index contributed by atoms with van der Waals surface area (Å²) >= 11 is 0. The van der Waals surface area contributed by atoms with E-state index in [0.717, 1.165) is 5.92 Å². The Labute approximate surface area is 98.9 Å². The molecule has 1 aliphatic rings. The molecule has 0 aliphatic carbocycles. The third-order valence-electron chi connectivity index (χ3n) is 3.21. The summed E-state index contributed by atoms with van der Waals surface area (Å²) in [5.74, 6) is 0.911. The minimum Gasteiger partial charge on any atom is -0.306 e. The van der Waals surface area contributed by atoms with Gasteiger partial charge in [-0.1, -0.05) is 30.3 Å². The van der Waals surface area contributed by atoms with E-state index in [1.807, 2.05) is 0 Å². The quantitative estimate of drug-likeness (QED) is 0.748. The average Bonchev–Trinajstić information content (AvgIpc) is 2.23. The Morgan fingerprint density at radius 1 is 1.13 bits per heavy atom. The Morgan fingerprint density at radius 2 is 1.73 bits per heavy atom. The second kappa shape index (κ2) is 6.14. The Kier molecular flexibility index (Phi) is 5.13. The van der Waals surface area contributed by atoms with Gasteiger partial charge < -0.3 is 4.90 Å². The van der Waals surface area contributed by atoms with E-state index in [9.17, 15) is 0 Å². The van der Waals surface area contributed by atoms with Gasteiger partial charge in [0.2, 0.25) is 0 Å². The summed E-state index contributed by atoms with van der Waals surface area (Å²) in [5.41, 5.74) is 1.50. The molecule has 2 rings (SSSR count). The molecule has 2 heteroatoms. The van der Waals surface area contributed by atoms with E-state index in [0.29, 0.717) is 0 Å². The Balaban J connectivity index is 0.00000112. The molecule has 84 valence electrons. The molecule has 0 bridgehead atoms. The molecule has 1 nitrogen and oxygen atoms in total. The molecule has 1 fully saturated rings. The Hall–Kier alpha value is -0.530. The molecule has 0 unspecified atom stereocenters. The van der Waals surface area contributed by atoms with E-state index in [4.69, 9.17) is 0 Å². The van der Waals surface area contributed by atoms with Crippen molar-refractivity contribution >= 4 is 12.4 Å². The third kappa shape index (κ3) is 3.84. The number of rotatable bonds is 2. The topological polar surface area (TPSA) is 3.24 Å². The van der Waals surface area contributed by atoms with Crippen LogP contribution in [0.15, 0.2) is 30.3 Å². The van der Waals surface area contributed by atoms with Gasteiger partial charge in [-0.2, -0.15) is 0 Å². The summed E-state index contributed by atoms with van der Waals surface area (Å²) in [6.45, 7) is 2.55. The van der Waals surface area contributed by atoms with Crippen LogP contribution in [0.25, 0.3) is 0 Å². The van der Waals surface area contributed by atoms with E-state index < -0.39 is 0 Å². The van der Waals surface area contributed by atoms with Crippen LogP contribution in [0.2, 0.25) is 0 Å². The van der Waals surface area contributed by atoms with E-state index in [2.05, 4.69) is 42.3 Å². The van der Waals surface area contributed by atoms with Crippen LogP contribution < -0.4 is 0 Å². The number of hydrogen-bond donors (Lipinski definition) is 0. The maximum absolute atomic E-state index is 2.43. The van der Waals surface area contributed by atoms with Crippen LogP contribution in [0.5, 0.6) is 0 Å². The van der Waals surface area contributed by atoms with Crippen LogP contribution in [0.1, 0.15) is 18.4 Å². The minimum atomic E-state index is 0. The van der Waals surface area contributed by atoms with Gasteiger partial charge in [0, 0.05) is 0 Å². The van der Waals surface area contributed by atoms with Gasteiger partial charge in [-0.05, 0) is 50.9 Å². The third-order valence-corrected chi connectivity index (χ3v) is 3.21. The first-order valence-corrected chi connectivity index (χ1v) is 5.57. The summed E-state index contributed by atoms with van der Waals surface area (Å²) in [6.07, 6.45) is 4.01. The molecule has 0 radical (unpaired) electrons. The van der Waals surface area contributed by atoms with Crippen molar-refractivity contribution < 1.29 is 0 Å². The Morgan fingerprint density at radius 3 is 2.33 bits per heavy atom. The largest absolute Gasteiger partial charge is 0.306 e. The van der Waals surface area contributed by atoms with Gasteiger partial charge in [-0.25, -0.2) is 0 Å². The highest BCUT2D eigenvalue weighted by Crippen LogP contribution is 2.20. The zero-order valence-electron chi connectivity index (χ0n) is 9.36. The normalized spacial score (nSPS) is 18.5. The lowest BCUT2D eigenvalue weighted by Crippen LogP contribution is -2.30. The molecular formula is C13H20ClN. The number of benzene rings is 1. The van der Waals surface area contributed by atoms with E-state index in [-0.39, 0.29) is 12.4 Å². The van der Waals surface area contributed by atoms with E-state index >= 15 is 0 Å². The average molecular weight is 226 g/mol. The maximum atomic E-state index is 2.43. The number of nitrogens with zero attached hydrogens (tertiary/aromatic N) is 1. The SMILES string of the molecule is CN1CCC(Cc2ccccc2)CC1.Cl. The zero-order valence-corrected chi connectivity index (χ0v) is 10.2. The van der Waals surface area contributed by atoms with Crippen molar-refractivity contribution in [3.63, 3.8) is 0 Å². The highest BCUT2D eigenvalue weighted by Gasteiger charge is 2.16. The van der Waals surface area contributed by atoms with Crippen molar-refractivity contribution in [2.45, 2.75) is 19.3 Å². The molecule has 1 aromatic rings. The molecule has 0 amide bonds. The van der Waals surface area contributed by atoms with Crippen LogP contribution in [0, 0.1) is 5.92 Å². The van der Waals surface area contributed by atoms with Crippen LogP contribution >= 0.6 is 12.4 Å². The number of piperidine rings is 1. The molecule has 0 atom stereocenters. The zero-order chi connectivity index (χ0) is 9.80. The lowest BCUT2D eigenvalue weighted by atomic mass is 9.90. The molecule has 1 heterocycles. The molecule has 1 aliphatic heterocycles. The van der Waals surface area contributed by atoms with E-state index in [1.54, 1.807) is 0 Å². The predicted molar refractivity (Wildman–Crippen MR) is 67.6 cm³/mol. The maximum Gasteiger partial charge on any atom is -0.00190 e. The molecule has 1 aromatic carbocycles. The number of halogens is 1. The molecule has 0 N–H and O–H groups in total. The van der Waals surface area contributed by atoms with Crippen molar-refractivity contribution in [3.8, 4) is 0 Å². The minimum absolute atomic E-state index is 0. The smallest absolute Gasteiger partial charge is 0.00190 e. The summed E-state index contributed by atoms with van der Waals surface area (Å²) in [4.78, 5) is 2.43. The predicted octanol–water partition coefficient (Wildman–Crippen LogP) is 2.99. The molecular weight excluding hydrogens is 206 g/mol. The summed E-state index contributed by atoms with van der Waals surface area (Å²) < 4.78 is 0. The first-order valence-electron chi connectivity index (χ1n) is 5.57. The fraction of sp³-hybridized carbons (Fsp3) is 0.538. The molecule has 1 saturated heterocycles. The second-order valence-corrected chi connectivity index (χ2v) is 4.44. The molecule has 0 saturated carbocycles. The summed E-state index contributed by atoms with van der Waals surface area (Å²) in [5, 5.41) is 0. The van der Waals surface area contributed by atoms with Crippen LogP contribution in [-0.2, 0) is 6.42 Å².